The summed E-state index contributed by atoms with van der Waals surface area (Å²) in [5, 5.41) is 7.40. The van der Waals surface area contributed by atoms with Crippen LogP contribution in [0.1, 0.15) is 11.1 Å². The number of benzene rings is 1. The van der Waals surface area contributed by atoms with Gasteiger partial charge in [-0.15, -0.1) is 0 Å². The van der Waals surface area contributed by atoms with Gasteiger partial charge in [0.1, 0.15) is 4.90 Å². The summed E-state index contributed by atoms with van der Waals surface area (Å²) < 4.78 is 42.5. The van der Waals surface area contributed by atoms with Crippen LogP contribution in [0.15, 0.2) is 64.5 Å². The molecule has 0 aliphatic carbocycles. The van der Waals surface area contributed by atoms with Crippen LogP contribution < -0.4 is 4.72 Å². The molecule has 2 N–H and O–H groups in total. The summed E-state index contributed by atoms with van der Waals surface area (Å²) in [6.07, 6.45) is 5.78. The number of anilines is 1. The molecule has 4 aromatic rings. The maximum absolute atomic E-state index is 14.8. The fraction of sp³-hybridized carbons (Fsp3) is 0. The molecule has 0 aliphatic rings. The van der Waals surface area contributed by atoms with E-state index >= 15 is 0 Å². The summed E-state index contributed by atoms with van der Waals surface area (Å²) in [6, 6.07) is 7.44. The second-order valence-corrected chi connectivity index (χ2v) is 8.49. The lowest BCUT2D eigenvalue weighted by Crippen LogP contribution is -2.14. The van der Waals surface area contributed by atoms with Crippen LogP contribution in [0.4, 0.5) is 10.1 Å². The molecule has 7 nitrogen and oxygen atoms in total. The summed E-state index contributed by atoms with van der Waals surface area (Å²) in [6.45, 7) is 0. The van der Waals surface area contributed by atoms with Gasteiger partial charge >= 0.3 is 0 Å². The number of hydrogen-bond acceptors (Lipinski definition) is 5. The van der Waals surface area contributed by atoms with E-state index in [2.05, 4.69) is 52.7 Å². The van der Waals surface area contributed by atoms with E-state index in [-0.39, 0.29) is 16.1 Å². The lowest BCUT2D eigenvalue weighted by atomic mass is 10.1. The maximum Gasteiger partial charge on any atom is 0.263 e. The Hall–Kier alpha value is -3.29. The predicted molar refractivity (Wildman–Crippen MR) is 109 cm³/mol. The van der Waals surface area contributed by atoms with Crippen molar-refractivity contribution in [1.29, 1.82) is 0 Å². The van der Waals surface area contributed by atoms with Gasteiger partial charge in [-0.1, -0.05) is 17.9 Å². The number of fused-ring (bicyclic) bond motifs is 1. The highest BCUT2D eigenvalue weighted by atomic mass is 79.9. The Morgan fingerprint density at radius 3 is 2.79 bits per heavy atom. The van der Waals surface area contributed by atoms with Crippen molar-refractivity contribution in [2.75, 3.05) is 4.72 Å². The van der Waals surface area contributed by atoms with Crippen molar-refractivity contribution in [3.8, 4) is 11.8 Å². The number of halogens is 2. The summed E-state index contributed by atoms with van der Waals surface area (Å²) >= 11 is 3.16. The molecule has 144 valence electrons. The van der Waals surface area contributed by atoms with Gasteiger partial charge in [-0.25, -0.2) is 17.8 Å². The van der Waals surface area contributed by atoms with Gasteiger partial charge in [0.2, 0.25) is 0 Å². The number of nitrogens with one attached hydrogen (secondary N) is 2. The molecule has 0 fully saturated rings. The van der Waals surface area contributed by atoms with E-state index in [0.29, 0.717) is 15.7 Å². The molecule has 0 radical (unpaired) electrons. The van der Waals surface area contributed by atoms with E-state index in [1.807, 2.05) is 0 Å². The Balaban J connectivity index is 1.64. The molecule has 0 amide bonds. The zero-order valence-electron chi connectivity index (χ0n) is 14.5. The van der Waals surface area contributed by atoms with Crippen molar-refractivity contribution in [2.24, 2.45) is 0 Å². The summed E-state index contributed by atoms with van der Waals surface area (Å²) in [7, 11) is -4.01. The van der Waals surface area contributed by atoms with E-state index in [0.717, 1.165) is 5.39 Å². The largest absolute Gasteiger partial charge is 0.277 e. The van der Waals surface area contributed by atoms with Gasteiger partial charge in [0.05, 0.1) is 17.4 Å². The van der Waals surface area contributed by atoms with Gasteiger partial charge in [-0.2, -0.15) is 5.10 Å². The lowest BCUT2D eigenvalue weighted by Gasteiger charge is -2.09. The van der Waals surface area contributed by atoms with Crippen LogP contribution in [0.5, 0.6) is 0 Å². The van der Waals surface area contributed by atoms with Crippen molar-refractivity contribution >= 4 is 42.7 Å². The van der Waals surface area contributed by atoms with Gasteiger partial charge in [-0.3, -0.25) is 14.8 Å². The number of aromatic nitrogens is 4. The average molecular weight is 472 g/mol. The molecular formula is C19H11BrFN5O2S. The highest BCUT2D eigenvalue weighted by Gasteiger charge is 2.18. The van der Waals surface area contributed by atoms with E-state index < -0.39 is 15.8 Å². The zero-order chi connectivity index (χ0) is 20.4. The quantitative estimate of drug-likeness (QED) is 0.445. The molecule has 0 bridgehead atoms. The van der Waals surface area contributed by atoms with Gasteiger partial charge in [0.15, 0.2) is 11.5 Å². The molecule has 3 aromatic heterocycles. The molecule has 3 heterocycles. The Labute approximate surface area is 173 Å². The monoisotopic (exact) mass is 471 g/mol. The molecule has 0 unspecified atom stereocenters. The van der Waals surface area contributed by atoms with Crippen molar-refractivity contribution in [1.82, 2.24) is 20.2 Å². The highest BCUT2D eigenvalue weighted by molar-refractivity contribution is 9.10. The molecule has 1 aromatic carbocycles. The highest BCUT2D eigenvalue weighted by Crippen LogP contribution is 2.22. The third kappa shape index (κ3) is 4.11. The van der Waals surface area contributed by atoms with Crippen LogP contribution >= 0.6 is 15.9 Å². The van der Waals surface area contributed by atoms with Gasteiger partial charge in [-0.05, 0) is 40.2 Å². The first kappa shape index (κ1) is 19.0. The Morgan fingerprint density at radius 2 is 1.97 bits per heavy atom. The van der Waals surface area contributed by atoms with Gasteiger partial charge < -0.3 is 0 Å². The standard InChI is InChI=1S/C19H11BrFN5O2S/c20-15-7-16(11-22-10-15)29(27,28)26-17-3-1-2-13(18(17)21)5-4-12-6-14-9-24-25-19(14)23-8-12/h1-3,6-11,26H,(H,23,24,25). The van der Waals surface area contributed by atoms with E-state index in [9.17, 15) is 12.8 Å². The number of nitrogens with zero attached hydrogens (tertiary/aromatic N) is 3. The third-order valence-corrected chi connectivity index (χ3v) is 5.63. The Kier molecular flexibility index (Phi) is 5.00. The average Bonchev–Trinajstić information content (AvgIpc) is 3.16. The van der Waals surface area contributed by atoms with Gasteiger partial charge in [0.25, 0.3) is 10.0 Å². The minimum Gasteiger partial charge on any atom is -0.277 e. The first-order chi connectivity index (χ1) is 13.9. The SMILES string of the molecule is O=S(=O)(Nc1cccc(C#Cc2cnc3[nH]ncc3c2)c1F)c1cncc(Br)c1. The third-order valence-electron chi connectivity index (χ3n) is 3.87. The van der Waals surface area contributed by atoms with E-state index in [1.165, 1.54) is 42.9 Å². The summed E-state index contributed by atoms with van der Waals surface area (Å²) in [5.74, 6) is 4.76. The summed E-state index contributed by atoms with van der Waals surface area (Å²) in [5.41, 5.74) is 1.04. The molecule has 29 heavy (non-hydrogen) atoms. The second-order valence-electron chi connectivity index (χ2n) is 5.89. The van der Waals surface area contributed by atoms with Crippen molar-refractivity contribution in [2.45, 2.75) is 4.90 Å². The number of sulfonamides is 1. The second kappa shape index (κ2) is 7.62. The number of rotatable bonds is 3. The Morgan fingerprint density at radius 1 is 1.10 bits per heavy atom. The van der Waals surface area contributed by atoms with Crippen LogP contribution in [0, 0.1) is 17.7 Å². The molecule has 0 saturated carbocycles. The lowest BCUT2D eigenvalue weighted by molar-refractivity contribution is 0.598. The molecule has 0 aliphatic heterocycles. The molecular weight excluding hydrogens is 461 g/mol. The zero-order valence-corrected chi connectivity index (χ0v) is 16.9. The molecule has 0 spiro atoms. The molecule has 4 rings (SSSR count). The van der Waals surface area contributed by atoms with Gasteiger partial charge in [0, 0.05) is 34.0 Å². The number of H-pyrrole nitrogens is 1. The minimum atomic E-state index is -4.01. The number of hydrogen-bond donors (Lipinski definition) is 2. The van der Waals surface area contributed by atoms with Crippen LogP contribution in [-0.2, 0) is 10.0 Å². The topological polar surface area (TPSA) is 101 Å². The maximum atomic E-state index is 14.8. The first-order valence-corrected chi connectivity index (χ1v) is 10.4. The fourth-order valence-electron chi connectivity index (χ4n) is 2.49. The molecule has 0 atom stereocenters. The van der Waals surface area contributed by atoms with Crippen molar-refractivity contribution in [3.63, 3.8) is 0 Å². The number of aromatic amines is 1. The van der Waals surface area contributed by atoms with Crippen LogP contribution in [-0.4, -0.2) is 28.6 Å². The molecule has 10 heteroatoms. The normalized spacial score (nSPS) is 11.1. The van der Waals surface area contributed by atoms with E-state index in [1.54, 1.807) is 12.3 Å². The minimum absolute atomic E-state index is 0.0462. The van der Waals surface area contributed by atoms with Crippen molar-refractivity contribution in [3.05, 3.63) is 76.5 Å². The predicted octanol–water partition coefficient (Wildman–Crippen LogP) is 3.46. The fourth-order valence-corrected chi connectivity index (χ4v) is 4.06. The van der Waals surface area contributed by atoms with Crippen molar-refractivity contribution < 1.29 is 12.8 Å². The smallest absolute Gasteiger partial charge is 0.263 e. The van der Waals surface area contributed by atoms with E-state index in [4.69, 9.17) is 0 Å². The van der Waals surface area contributed by atoms with Crippen LogP contribution in [0.3, 0.4) is 0 Å². The first-order valence-electron chi connectivity index (χ1n) is 8.15. The van der Waals surface area contributed by atoms with Crippen LogP contribution in [0.25, 0.3) is 11.0 Å². The summed E-state index contributed by atoms with van der Waals surface area (Å²) in [4.78, 5) is 7.89. The number of pyridine rings is 2. The Bertz CT molecular complexity index is 1390. The molecule has 0 saturated heterocycles. The van der Waals surface area contributed by atoms with Crippen LogP contribution in [0.2, 0.25) is 0 Å².